The van der Waals surface area contributed by atoms with E-state index in [0.717, 1.165) is 29.7 Å². The van der Waals surface area contributed by atoms with Crippen LogP contribution in [0.5, 0.6) is 5.75 Å². The molecular weight excluding hydrogens is 410 g/mol. The first-order chi connectivity index (χ1) is 15.5. The largest absolute Gasteiger partial charge is 0.494 e. The van der Waals surface area contributed by atoms with Crippen LogP contribution in [-0.2, 0) is 9.47 Å². The van der Waals surface area contributed by atoms with Gasteiger partial charge in [0.25, 0.3) is 5.91 Å². The molecule has 0 radical (unpaired) electrons. The Morgan fingerprint density at radius 2 is 2.09 bits per heavy atom. The highest BCUT2D eigenvalue weighted by atomic mass is 16.7. The monoisotopic (exact) mass is 435 g/mol. The van der Waals surface area contributed by atoms with Crippen LogP contribution in [-0.4, -0.2) is 46.8 Å². The second-order valence-electron chi connectivity index (χ2n) is 8.02. The standard InChI is InChI=1S/C23H25N5O4/c1-14-10-19(17(12-25-14)22(24)29)27-18-5-3-4-16(21(18)30-2)15-11-26-28(13-15)20-6-7-23(20)31-8-9-32-23/h3-5,10-13,20H,6-9H2,1-2H3,(H2,24,29)(H,25,27). The Bertz CT molecular complexity index is 1170. The number of nitrogens with two attached hydrogens (primary N) is 1. The Morgan fingerprint density at radius 1 is 1.28 bits per heavy atom. The zero-order valence-electron chi connectivity index (χ0n) is 18.0. The van der Waals surface area contributed by atoms with Crippen molar-refractivity contribution in [2.75, 3.05) is 25.6 Å². The Hall–Kier alpha value is -3.43. The maximum absolute atomic E-state index is 11.9. The predicted molar refractivity (Wildman–Crippen MR) is 118 cm³/mol. The van der Waals surface area contributed by atoms with Crippen molar-refractivity contribution in [1.29, 1.82) is 0 Å². The number of carbonyl (C=O) groups is 1. The van der Waals surface area contributed by atoms with Crippen LogP contribution < -0.4 is 15.8 Å². The fourth-order valence-electron chi connectivity index (χ4n) is 4.39. The summed E-state index contributed by atoms with van der Waals surface area (Å²) in [5, 5.41) is 7.87. The van der Waals surface area contributed by atoms with Crippen LogP contribution in [0.15, 0.2) is 42.9 Å². The summed E-state index contributed by atoms with van der Waals surface area (Å²) in [6.45, 7) is 3.09. The Labute approximate surface area is 185 Å². The fraction of sp³-hybridized carbons (Fsp3) is 0.348. The SMILES string of the molecule is COc1c(Nc2cc(C)ncc2C(N)=O)cccc1-c1cnn(C2CCC23OCCO3)c1. The summed E-state index contributed by atoms with van der Waals surface area (Å²) in [5.41, 5.74) is 9.65. The zero-order valence-corrected chi connectivity index (χ0v) is 18.0. The van der Waals surface area contributed by atoms with Crippen molar-refractivity contribution in [3.05, 3.63) is 54.1 Å². The molecule has 3 aromatic rings. The Morgan fingerprint density at radius 3 is 2.78 bits per heavy atom. The van der Waals surface area contributed by atoms with Gasteiger partial charge in [0.1, 0.15) is 11.8 Å². The van der Waals surface area contributed by atoms with Gasteiger partial charge in [-0.15, -0.1) is 0 Å². The van der Waals surface area contributed by atoms with Crippen LogP contribution >= 0.6 is 0 Å². The molecule has 2 aromatic heterocycles. The molecule has 2 aliphatic rings. The minimum absolute atomic E-state index is 0.0592. The lowest BCUT2D eigenvalue weighted by atomic mass is 9.85. The van der Waals surface area contributed by atoms with E-state index in [1.807, 2.05) is 42.2 Å². The van der Waals surface area contributed by atoms with E-state index in [2.05, 4.69) is 15.4 Å². The van der Waals surface area contributed by atoms with Crippen molar-refractivity contribution in [3.8, 4) is 16.9 Å². The summed E-state index contributed by atoms with van der Waals surface area (Å²) in [6, 6.07) is 7.61. The second-order valence-corrected chi connectivity index (χ2v) is 8.02. The number of nitrogens with zero attached hydrogens (tertiary/aromatic N) is 3. The molecule has 166 valence electrons. The number of anilines is 2. The van der Waals surface area contributed by atoms with Gasteiger partial charge in [-0.2, -0.15) is 5.10 Å². The molecule has 1 spiro atoms. The van der Waals surface area contributed by atoms with E-state index in [-0.39, 0.29) is 6.04 Å². The van der Waals surface area contributed by atoms with Gasteiger partial charge in [-0.25, -0.2) is 0 Å². The highest BCUT2D eigenvalue weighted by Crippen LogP contribution is 2.48. The van der Waals surface area contributed by atoms with Crippen LogP contribution in [0.2, 0.25) is 0 Å². The van der Waals surface area contributed by atoms with Gasteiger partial charge in [0.05, 0.1) is 43.5 Å². The summed E-state index contributed by atoms with van der Waals surface area (Å²) in [4.78, 5) is 16.0. The fourth-order valence-corrected chi connectivity index (χ4v) is 4.39. The van der Waals surface area contributed by atoms with E-state index in [0.29, 0.717) is 35.9 Å². The number of amides is 1. The van der Waals surface area contributed by atoms with E-state index >= 15 is 0 Å². The van der Waals surface area contributed by atoms with E-state index in [4.69, 9.17) is 19.9 Å². The van der Waals surface area contributed by atoms with Gasteiger partial charge in [0.2, 0.25) is 0 Å². The van der Waals surface area contributed by atoms with Crippen molar-refractivity contribution < 1.29 is 19.0 Å². The predicted octanol–water partition coefficient (Wildman–Crippen LogP) is 3.18. The molecule has 2 fully saturated rings. The average Bonchev–Trinajstić information content (AvgIpc) is 3.44. The van der Waals surface area contributed by atoms with Crippen LogP contribution in [0, 0.1) is 6.92 Å². The van der Waals surface area contributed by atoms with Crippen molar-refractivity contribution in [3.63, 3.8) is 0 Å². The molecule has 9 heteroatoms. The molecule has 9 nitrogen and oxygen atoms in total. The van der Waals surface area contributed by atoms with Crippen LogP contribution in [0.3, 0.4) is 0 Å². The van der Waals surface area contributed by atoms with E-state index in [1.165, 1.54) is 6.20 Å². The molecule has 1 aliphatic carbocycles. The smallest absolute Gasteiger partial charge is 0.252 e. The molecule has 1 unspecified atom stereocenters. The van der Waals surface area contributed by atoms with Crippen molar-refractivity contribution in [2.45, 2.75) is 31.6 Å². The second kappa shape index (κ2) is 7.92. The molecule has 1 amide bonds. The van der Waals surface area contributed by atoms with E-state index < -0.39 is 11.7 Å². The molecule has 3 heterocycles. The third-order valence-corrected chi connectivity index (χ3v) is 6.08. The van der Waals surface area contributed by atoms with Gasteiger partial charge in [-0.1, -0.05) is 12.1 Å². The van der Waals surface area contributed by atoms with Crippen molar-refractivity contribution >= 4 is 17.3 Å². The topological polar surface area (TPSA) is 114 Å². The number of benzene rings is 1. The number of hydrogen-bond acceptors (Lipinski definition) is 7. The summed E-state index contributed by atoms with van der Waals surface area (Å²) >= 11 is 0. The average molecular weight is 435 g/mol. The Balaban J connectivity index is 1.48. The first-order valence-electron chi connectivity index (χ1n) is 10.5. The van der Waals surface area contributed by atoms with Gasteiger partial charge in [-0.05, 0) is 25.5 Å². The normalized spacial score (nSPS) is 19.0. The highest BCUT2D eigenvalue weighted by molar-refractivity contribution is 5.99. The van der Waals surface area contributed by atoms with Gasteiger partial charge >= 0.3 is 0 Å². The van der Waals surface area contributed by atoms with Crippen LogP contribution in [0.4, 0.5) is 11.4 Å². The molecule has 1 aromatic carbocycles. The first kappa shape index (κ1) is 20.5. The zero-order chi connectivity index (χ0) is 22.3. The van der Waals surface area contributed by atoms with E-state index in [9.17, 15) is 4.79 Å². The number of pyridine rings is 1. The molecule has 3 N–H and O–H groups in total. The van der Waals surface area contributed by atoms with Crippen LogP contribution in [0.1, 0.15) is 34.9 Å². The number of para-hydroxylation sites is 1. The number of ether oxygens (including phenoxy) is 3. The first-order valence-corrected chi connectivity index (χ1v) is 10.5. The Kier molecular flexibility index (Phi) is 5.07. The van der Waals surface area contributed by atoms with Crippen LogP contribution in [0.25, 0.3) is 11.1 Å². The van der Waals surface area contributed by atoms with Crippen molar-refractivity contribution in [2.24, 2.45) is 5.73 Å². The lowest BCUT2D eigenvalue weighted by molar-refractivity contribution is -0.242. The maximum atomic E-state index is 11.9. The highest BCUT2D eigenvalue weighted by Gasteiger charge is 2.53. The minimum Gasteiger partial charge on any atom is -0.494 e. The number of primary amides is 1. The summed E-state index contributed by atoms with van der Waals surface area (Å²) in [5.74, 6) is -0.461. The summed E-state index contributed by atoms with van der Waals surface area (Å²) in [6.07, 6.45) is 7.11. The third-order valence-electron chi connectivity index (χ3n) is 6.08. The molecule has 0 bridgehead atoms. The summed E-state index contributed by atoms with van der Waals surface area (Å²) in [7, 11) is 1.61. The molecule has 1 aliphatic heterocycles. The van der Waals surface area contributed by atoms with E-state index in [1.54, 1.807) is 13.2 Å². The lowest BCUT2D eigenvalue weighted by Crippen LogP contribution is -2.49. The number of rotatable bonds is 6. The number of aryl methyl sites for hydroxylation is 1. The van der Waals surface area contributed by atoms with Gasteiger partial charge in [-0.3, -0.25) is 14.5 Å². The quantitative estimate of drug-likeness (QED) is 0.611. The van der Waals surface area contributed by atoms with Gasteiger partial charge < -0.3 is 25.3 Å². The molecule has 1 saturated heterocycles. The third kappa shape index (κ3) is 3.39. The number of aromatic nitrogens is 3. The number of hydrogen-bond donors (Lipinski definition) is 2. The van der Waals surface area contributed by atoms with Gasteiger partial charge in [0, 0.05) is 35.6 Å². The number of carbonyl (C=O) groups excluding carboxylic acids is 1. The molecule has 1 saturated carbocycles. The van der Waals surface area contributed by atoms with Gasteiger partial charge in [0.15, 0.2) is 5.79 Å². The maximum Gasteiger partial charge on any atom is 0.252 e. The summed E-state index contributed by atoms with van der Waals surface area (Å²) < 4.78 is 19.4. The molecular formula is C23H25N5O4. The number of methoxy groups -OCH3 is 1. The molecule has 32 heavy (non-hydrogen) atoms. The lowest BCUT2D eigenvalue weighted by Gasteiger charge is -2.44. The molecule has 5 rings (SSSR count). The number of nitrogens with one attached hydrogen (secondary N) is 1. The van der Waals surface area contributed by atoms with Crippen molar-refractivity contribution in [1.82, 2.24) is 14.8 Å². The molecule has 1 atom stereocenters. The minimum atomic E-state index is -0.554.